The van der Waals surface area contributed by atoms with E-state index in [9.17, 15) is 0 Å². The van der Waals surface area contributed by atoms with E-state index in [1.165, 1.54) is 37.9 Å². The van der Waals surface area contributed by atoms with Crippen molar-refractivity contribution in [1.82, 2.24) is 4.90 Å². The SMILES string of the molecule is [CH2-]C(c1ccccc1)N1CCCCC1.[Li+]. The van der Waals surface area contributed by atoms with Crippen LogP contribution in [-0.2, 0) is 0 Å². The summed E-state index contributed by atoms with van der Waals surface area (Å²) in [5.74, 6) is 0. The number of hydrogen-bond donors (Lipinski definition) is 0. The molecule has 0 amide bonds. The van der Waals surface area contributed by atoms with E-state index in [1.807, 2.05) is 0 Å². The van der Waals surface area contributed by atoms with Gasteiger partial charge in [-0.05, 0) is 25.9 Å². The monoisotopic (exact) mass is 195 g/mol. The minimum atomic E-state index is 0. The van der Waals surface area contributed by atoms with Crippen molar-refractivity contribution >= 4 is 0 Å². The molecular weight excluding hydrogens is 177 g/mol. The average molecular weight is 195 g/mol. The molecule has 0 radical (unpaired) electrons. The summed E-state index contributed by atoms with van der Waals surface area (Å²) < 4.78 is 0. The van der Waals surface area contributed by atoms with Crippen LogP contribution in [0.3, 0.4) is 0 Å². The number of rotatable bonds is 2. The zero-order chi connectivity index (χ0) is 9.80. The van der Waals surface area contributed by atoms with Gasteiger partial charge >= 0.3 is 18.9 Å². The number of nitrogens with zero attached hydrogens (tertiary/aromatic N) is 1. The van der Waals surface area contributed by atoms with Gasteiger partial charge in [0, 0.05) is 0 Å². The predicted octanol–water partition coefficient (Wildman–Crippen LogP) is 0.0517. The first kappa shape index (κ1) is 12.8. The Morgan fingerprint density at radius 2 is 1.60 bits per heavy atom. The number of hydrogen-bond acceptors (Lipinski definition) is 1. The molecule has 1 unspecified atom stereocenters. The Bertz CT molecular complexity index is 267. The number of piperidine rings is 1. The minimum Gasteiger partial charge on any atom is -0.326 e. The van der Waals surface area contributed by atoms with Gasteiger partial charge in [0.2, 0.25) is 0 Å². The summed E-state index contributed by atoms with van der Waals surface area (Å²) >= 11 is 0. The molecule has 76 valence electrons. The fourth-order valence-corrected chi connectivity index (χ4v) is 2.12. The van der Waals surface area contributed by atoms with Crippen LogP contribution in [0.15, 0.2) is 30.3 Å². The first-order valence-corrected chi connectivity index (χ1v) is 5.50. The summed E-state index contributed by atoms with van der Waals surface area (Å²) in [6.45, 7) is 6.68. The summed E-state index contributed by atoms with van der Waals surface area (Å²) in [6, 6.07) is 10.9. The van der Waals surface area contributed by atoms with Gasteiger partial charge in [0.05, 0.1) is 0 Å². The smallest absolute Gasteiger partial charge is 0.326 e. The van der Waals surface area contributed by atoms with Crippen LogP contribution in [0.25, 0.3) is 0 Å². The maximum atomic E-state index is 4.26. The molecule has 1 atom stereocenters. The van der Waals surface area contributed by atoms with Gasteiger partial charge in [0.15, 0.2) is 0 Å². The maximum absolute atomic E-state index is 4.26. The minimum absolute atomic E-state index is 0. The molecule has 1 nitrogen and oxygen atoms in total. The molecule has 2 rings (SSSR count). The van der Waals surface area contributed by atoms with Crippen LogP contribution in [-0.4, -0.2) is 18.0 Å². The Kier molecular flexibility index (Phi) is 5.46. The van der Waals surface area contributed by atoms with Crippen LogP contribution in [0.1, 0.15) is 30.9 Å². The molecule has 0 bridgehead atoms. The Hall–Kier alpha value is -0.223. The zero-order valence-electron chi connectivity index (χ0n) is 9.65. The molecule has 0 aliphatic carbocycles. The Balaban J connectivity index is 0.00000112. The van der Waals surface area contributed by atoms with Gasteiger partial charge in [0.1, 0.15) is 0 Å². The molecule has 1 aliphatic rings. The molecule has 1 aromatic carbocycles. The fraction of sp³-hybridized carbons (Fsp3) is 0.462. The second-order valence-corrected chi connectivity index (χ2v) is 4.02. The van der Waals surface area contributed by atoms with Crippen molar-refractivity contribution in [3.05, 3.63) is 42.8 Å². The van der Waals surface area contributed by atoms with Gasteiger partial charge in [0.25, 0.3) is 0 Å². The van der Waals surface area contributed by atoms with Crippen molar-refractivity contribution in [1.29, 1.82) is 0 Å². The van der Waals surface area contributed by atoms with E-state index in [4.69, 9.17) is 0 Å². The normalized spacial score (nSPS) is 19.3. The third kappa shape index (κ3) is 3.38. The van der Waals surface area contributed by atoms with E-state index in [2.05, 4.69) is 42.2 Å². The number of benzene rings is 1. The third-order valence-corrected chi connectivity index (χ3v) is 3.02. The van der Waals surface area contributed by atoms with Crippen LogP contribution in [0, 0.1) is 6.92 Å². The average Bonchev–Trinajstić information content (AvgIpc) is 2.30. The van der Waals surface area contributed by atoms with Gasteiger partial charge in [-0.15, -0.1) is 0 Å². The van der Waals surface area contributed by atoms with Crippen LogP contribution in [0.5, 0.6) is 0 Å². The summed E-state index contributed by atoms with van der Waals surface area (Å²) in [4.78, 5) is 2.48. The molecule has 0 N–H and O–H groups in total. The molecule has 0 saturated carbocycles. The van der Waals surface area contributed by atoms with E-state index < -0.39 is 0 Å². The summed E-state index contributed by atoms with van der Waals surface area (Å²) in [5.41, 5.74) is 1.34. The van der Waals surface area contributed by atoms with Gasteiger partial charge in [-0.2, -0.15) is 0 Å². The van der Waals surface area contributed by atoms with Crippen molar-refractivity contribution in [2.75, 3.05) is 13.1 Å². The van der Waals surface area contributed by atoms with E-state index in [0.29, 0.717) is 6.04 Å². The van der Waals surface area contributed by atoms with E-state index >= 15 is 0 Å². The molecule has 0 spiro atoms. The van der Waals surface area contributed by atoms with Crippen molar-refractivity contribution in [3.8, 4) is 0 Å². The molecule has 1 heterocycles. The van der Waals surface area contributed by atoms with Gasteiger partial charge in [-0.3, -0.25) is 0 Å². The van der Waals surface area contributed by atoms with Crippen LogP contribution in [0.4, 0.5) is 0 Å². The summed E-state index contributed by atoms with van der Waals surface area (Å²) in [5, 5.41) is 0. The first-order chi connectivity index (χ1) is 6.88. The fourth-order valence-electron chi connectivity index (χ4n) is 2.12. The van der Waals surface area contributed by atoms with E-state index in [0.717, 1.165) is 0 Å². The second kappa shape index (κ2) is 6.38. The topological polar surface area (TPSA) is 3.24 Å². The maximum Gasteiger partial charge on any atom is 1.00 e. The molecule has 1 saturated heterocycles. The van der Waals surface area contributed by atoms with Crippen LogP contribution >= 0.6 is 0 Å². The van der Waals surface area contributed by atoms with Gasteiger partial charge in [-0.1, -0.05) is 48.4 Å². The standard InChI is InChI=1S/C13H18N.Li/c1-12(13-8-4-2-5-9-13)14-10-6-3-7-11-14;/h2,4-5,8-9,12H,1,3,6-7,10-11H2;/q-1;+1. The summed E-state index contributed by atoms with van der Waals surface area (Å²) in [6.07, 6.45) is 4.05. The summed E-state index contributed by atoms with van der Waals surface area (Å²) in [7, 11) is 0. The quantitative estimate of drug-likeness (QED) is 0.476. The van der Waals surface area contributed by atoms with Gasteiger partial charge < -0.3 is 11.8 Å². The molecule has 15 heavy (non-hydrogen) atoms. The van der Waals surface area contributed by atoms with Crippen LogP contribution < -0.4 is 18.9 Å². The number of likely N-dealkylation sites (tertiary alicyclic amines) is 1. The molecular formula is C13H18LiN. The van der Waals surface area contributed by atoms with Crippen molar-refractivity contribution < 1.29 is 18.9 Å². The van der Waals surface area contributed by atoms with Crippen LogP contribution in [0.2, 0.25) is 0 Å². The Morgan fingerprint density at radius 1 is 1.00 bits per heavy atom. The Morgan fingerprint density at radius 3 is 2.20 bits per heavy atom. The third-order valence-electron chi connectivity index (χ3n) is 3.02. The zero-order valence-corrected chi connectivity index (χ0v) is 9.65. The van der Waals surface area contributed by atoms with Crippen molar-refractivity contribution in [2.24, 2.45) is 0 Å². The second-order valence-electron chi connectivity index (χ2n) is 4.02. The molecule has 1 aliphatic heterocycles. The molecule has 2 heteroatoms. The molecule has 1 fully saturated rings. The predicted molar refractivity (Wildman–Crippen MR) is 60.0 cm³/mol. The van der Waals surface area contributed by atoms with E-state index in [-0.39, 0.29) is 18.9 Å². The first-order valence-electron chi connectivity index (χ1n) is 5.50. The molecule has 0 aromatic heterocycles. The van der Waals surface area contributed by atoms with Gasteiger partial charge in [-0.25, -0.2) is 0 Å². The van der Waals surface area contributed by atoms with Crippen molar-refractivity contribution in [2.45, 2.75) is 25.3 Å². The van der Waals surface area contributed by atoms with Crippen molar-refractivity contribution in [3.63, 3.8) is 0 Å². The largest absolute Gasteiger partial charge is 1.00 e. The molecule has 1 aromatic rings. The van der Waals surface area contributed by atoms with E-state index in [1.54, 1.807) is 0 Å². The Labute approximate surface area is 105 Å².